The highest BCUT2D eigenvalue weighted by Gasteiger charge is 2.41. The van der Waals surface area contributed by atoms with Crippen molar-refractivity contribution in [3.05, 3.63) is 75.3 Å². The Morgan fingerprint density at radius 2 is 1.73 bits per heavy atom. The zero-order chi connectivity index (χ0) is 18.7. The highest BCUT2D eigenvalue weighted by atomic mass is 16.6. The Kier molecular flexibility index (Phi) is 4.77. The predicted molar refractivity (Wildman–Crippen MR) is 93.1 cm³/mol. The van der Waals surface area contributed by atoms with Crippen LogP contribution in [-0.2, 0) is 6.42 Å². The highest BCUT2D eigenvalue weighted by Crippen LogP contribution is 2.42. The Morgan fingerprint density at radius 3 is 2.42 bits per heavy atom. The lowest BCUT2D eigenvalue weighted by Crippen LogP contribution is -2.31. The van der Waals surface area contributed by atoms with Crippen LogP contribution in [0, 0.1) is 44.6 Å². The van der Waals surface area contributed by atoms with Gasteiger partial charge in [0.25, 0.3) is 5.69 Å². The van der Waals surface area contributed by atoms with Crippen LogP contribution in [0.5, 0.6) is 0 Å². The zero-order valence-electron chi connectivity index (χ0n) is 13.8. The molecule has 26 heavy (non-hydrogen) atoms. The van der Waals surface area contributed by atoms with Gasteiger partial charge in [-0.3, -0.25) is 14.9 Å². The molecule has 0 fully saturated rings. The fourth-order valence-electron chi connectivity index (χ4n) is 3.72. The van der Waals surface area contributed by atoms with Crippen molar-refractivity contribution in [3.8, 4) is 12.1 Å². The van der Waals surface area contributed by atoms with Gasteiger partial charge in [-0.1, -0.05) is 42.5 Å². The van der Waals surface area contributed by atoms with E-state index < -0.39 is 22.7 Å². The first-order chi connectivity index (χ1) is 12.6. The molecule has 3 rings (SSSR count). The predicted octanol–water partition coefficient (Wildman–Crippen LogP) is 3.79. The van der Waals surface area contributed by atoms with Crippen LogP contribution in [0.4, 0.5) is 5.69 Å². The number of carbonyl (C=O) groups is 1. The molecule has 0 radical (unpaired) electrons. The first-order valence-electron chi connectivity index (χ1n) is 8.23. The van der Waals surface area contributed by atoms with Crippen LogP contribution < -0.4 is 0 Å². The van der Waals surface area contributed by atoms with Gasteiger partial charge in [0.05, 0.1) is 17.1 Å². The summed E-state index contributed by atoms with van der Waals surface area (Å²) in [5.74, 6) is -2.79. The van der Waals surface area contributed by atoms with E-state index in [1.54, 1.807) is 18.2 Å². The molecule has 0 aromatic heterocycles. The average Bonchev–Trinajstić information content (AvgIpc) is 2.67. The molecule has 0 bridgehead atoms. The number of hydrogen-bond donors (Lipinski definition) is 0. The second kappa shape index (κ2) is 7.16. The van der Waals surface area contributed by atoms with Crippen molar-refractivity contribution in [2.24, 2.45) is 11.8 Å². The minimum atomic E-state index is -1.14. The molecule has 2 aromatic rings. The van der Waals surface area contributed by atoms with Gasteiger partial charge in [-0.25, -0.2) is 0 Å². The topological polar surface area (TPSA) is 108 Å². The van der Waals surface area contributed by atoms with E-state index in [0.717, 1.165) is 5.56 Å². The van der Waals surface area contributed by atoms with E-state index in [9.17, 15) is 25.4 Å². The maximum atomic E-state index is 13.1. The number of nitro groups is 1. The van der Waals surface area contributed by atoms with Crippen molar-refractivity contribution in [1.29, 1.82) is 10.5 Å². The Labute approximate surface area is 150 Å². The lowest BCUT2D eigenvalue weighted by molar-refractivity contribution is -0.385. The largest absolute Gasteiger partial charge is 0.294 e. The number of benzene rings is 2. The third-order valence-corrected chi connectivity index (χ3v) is 4.91. The Bertz CT molecular complexity index is 941. The van der Waals surface area contributed by atoms with Gasteiger partial charge in [0.1, 0.15) is 5.92 Å². The van der Waals surface area contributed by atoms with Crippen molar-refractivity contribution in [3.63, 3.8) is 0 Å². The maximum Gasteiger partial charge on any atom is 0.272 e. The summed E-state index contributed by atoms with van der Waals surface area (Å²) in [6.07, 6.45) is 1.08. The molecular weight excluding hydrogens is 330 g/mol. The van der Waals surface area contributed by atoms with Crippen LogP contribution in [0.2, 0.25) is 0 Å². The van der Waals surface area contributed by atoms with Crippen LogP contribution in [0.15, 0.2) is 48.5 Å². The average molecular weight is 345 g/mol. The monoisotopic (exact) mass is 345 g/mol. The van der Waals surface area contributed by atoms with Gasteiger partial charge < -0.3 is 0 Å². The smallest absolute Gasteiger partial charge is 0.272 e. The number of para-hydroxylation sites is 1. The SMILES string of the molecule is N#CC(C#N)C(c1ccccc1[N+](=O)[O-])C1CCc2ccccc2C1=O. The molecule has 0 saturated heterocycles. The van der Waals surface area contributed by atoms with Crippen molar-refractivity contribution < 1.29 is 9.72 Å². The molecule has 0 heterocycles. The number of nitro benzene ring substituents is 1. The molecule has 0 amide bonds. The van der Waals surface area contributed by atoms with Crippen molar-refractivity contribution in [2.45, 2.75) is 18.8 Å². The molecule has 2 aromatic carbocycles. The minimum absolute atomic E-state index is 0.162. The van der Waals surface area contributed by atoms with E-state index >= 15 is 0 Å². The summed E-state index contributed by atoms with van der Waals surface area (Å²) in [4.78, 5) is 24.0. The second-order valence-corrected chi connectivity index (χ2v) is 6.24. The van der Waals surface area contributed by atoms with Crippen LogP contribution in [0.1, 0.15) is 33.8 Å². The molecule has 128 valence electrons. The molecule has 0 aliphatic heterocycles. The number of nitriles is 2. The molecule has 2 unspecified atom stereocenters. The number of nitrogens with zero attached hydrogens (tertiary/aromatic N) is 3. The van der Waals surface area contributed by atoms with Gasteiger partial charge in [0.2, 0.25) is 0 Å². The molecule has 1 aliphatic carbocycles. The Balaban J connectivity index is 2.13. The first-order valence-corrected chi connectivity index (χ1v) is 8.23. The van der Waals surface area contributed by atoms with E-state index in [2.05, 4.69) is 0 Å². The van der Waals surface area contributed by atoms with E-state index in [4.69, 9.17) is 0 Å². The minimum Gasteiger partial charge on any atom is -0.294 e. The van der Waals surface area contributed by atoms with Gasteiger partial charge in [-0.2, -0.15) is 10.5 Å². The zero-order valence-corrected chi connectivity index (χ0v) is 13.8. The molecule has 6 nitrogen and oxygen atoms in total. The highest BCUT2D eigenvalue weighted by molar-refractivity contribution is 6.00. The molecule has 1 aliphatic rings. The van der Waals surface area contributed by atoms with Crippen molar-refractivity contribution in [1.82, 2.24) is 0 Å². The molecule has 6 heteroatoms. The quantitative estimate of drug-likeness (QED) is 0.619. The number of carbonyl (C=O) groups excluding carboxylic acids is 1. The third kappa shape index (κ3) is 2.94. The number of hydrogen-bond acceptors (Lipinski definition) is 5. The first kappa shape index (κ1) is 17.3. The van der Waals surface area contributed by atoms with Gasteiger partial charge in [0.15, 0.2) is 5.78 Å². The fraction of sp³-hybridized carbons (Fsp3) is 0.250. The second-order valence-electron chi connectivity index (χ2n) is 6.24. The summed E-state index contributed by atoms with van der Waals surface area (Å²) in [6.45, 7) is 0. The summed E-state index contributed by atoms with van der Waals surface area (Å²) in [7, 11) is 0. The summed E-state index contributed by atoms with van der Waals surface area (Å²) in [6, 6.07) is 17.1. The lowest BCUT2D eigenvalue weighted by atomic mass is 9.69. The molecule has 0 spiro atoms. The molecule has 2 atom stereocenters. The number of Topliss-reactive ketones (excluding diaryl/α,β-unsaturated/α-hetero) is 1. The number of rotatable bonds is 4. The van der Waals surface area contributed by atoms with Crippen LogP contribution in [-0.4, -0.2) is 10.7 Å². The van der Waals surface area contributed by atoms with Crippen molar-refractivity contribution >= 4 is 11.5 Å². The summed E-state index contributed by atoms with van der Waals surface area (Å²) < 4.78 is 0. The standard InChI is InChI=1S/C20H15N3O3/c21-11-14(12-22)19(16-7-3-4-8-18(16)23(25)26)17-10-9-13-5-1-2-6-15(13)20(17)24/h1-8,14,17,19H,9-10H2. The van der Waals surface area contributed by atoms with Crippen LogP contribution >= 0.6 is 0 Å². The Hall–Kier alpha value is -3.51. The van der Waals surface area contributed by atoms with E-state index in [1.165, 1.54) is 18.2 Å². The maximum absolute atomic E-state index is 13.1. The molecule has 0 N–H and O–H groups in total. The van der Waals surface area contributed by atoms with Crippen LogP contribution in [0.25, 0.3) is 0 Å². The summed E-state index contributed by atoms with van der Waals surface area (Å²) in [5, 5.41) is 30.3. The lowest BCUT2D eigenvalue weighted by Gasteiger charge is -2.31. The van der Waals surface area contributed by atoms with E-state index in [-0.39, 0.29) is 17.0 Å². The Morgan fingerprint density at radius 1 is 1.08 bits per heavy atom. The molecular formula is C20H15N3O3. The van der Waals surface area contributed by atoms with E-state index in [0.29, 0.717) is 18.4 Å². The third-order valence-electron chi connectivity index (χ3n) is 4.91. The van der Waals surface area contributed by atoms with Gasteiger partial charge >= 0.3 is 0 Å². The van der Waals surface area contributed by atoms with Gasteiger partial charge in [-0.05, 0) is 18.4 Å². The van der Waals surface area contributed by atoms with Crippen LogP contribution in [0.3, 0.4) is 0 Å². The summed E-state index contributed by atoms with van der Waals surface area (Å²) >= 11 is 0. The fourth-order valence-corrected chi connectivity index (χ4v) is 3.72. The number of fused-ring (bicyclic) bond motifs is 1. The normalized spacial score (nSPS) is 17.0. The summed E-state index contributed by atoms with van der Waals surface area (Å²) in [5.41, 5.74) is 1.60. The van der Waals surface area contributed by atoms with E-state index in [1.807, 2.05) is 24.3 Å². The number of aryl methyl sites for hydroxylation is 1. The van der Waals surface area contributed by atoms with Gasteiger partial charge in [0, 0.05) is 29.0 Å². The van der Waals surface area contributed by atoms with Gasteiger partial charge in [-0.15, -0.1) is 0 Å². The molecule has 0 saturated carbocycles. The van der Waals surface area contributed by atoms with Crippen molar-refractivity contribution in [2.75, 3.05) is 0 Å². The number of ketones is 1.